The van der Waals surface area contributed by atoms with Gasteiger partial charge in [0.05, 0.1) is 29.3 Å². The first-order chi connectivity index (χ1) is 11.7. The lowest BCUT2D eigenvalue weighted by molar-refractivity contribution is -0.125. The Morgan fingerprint density at radius 2 is 2.00 bits per heavy atom. The fourth-order valence-electron chi connectivity index (χ4n) is 3.07. The van der Waals surface area contributed by atoms with Crippen molar-refractivity contribution in [2.24, 2.45) is 4.99 Å². The molecule has 1 amide bonds. The van der Waals surface area contributed by atoms with Crippen LogP contribution in [0.4, 0.5) is 5.69 Å². The number of hydrogen-bond donors (Lipinski definition) is 0. The van der Waals surface area contributed by atoms with Crippen LogP contribution in [0.1, 0.15) is 11.1 Å². The van der Waals surface area contributed by atoms with E-state index in [0.717, 1.165) is 16.4 Å². The molecule has 0 spiro atoms. The Morgan fingerprint density at radius 3 is 2.64 bits per heavy atom. The molecule has 0 aromatic heterocycles. The molecule has 0 saturated carbocycles. The van der Waals surface area contributed by atoms with Crippen molar-refractivity contribution < 1.29 is 13.2 Å². The van der Waals surface area contributed by atoms with Gasteiger partial charge in [-0.25, -0.2) is 8.42 Å². The summed E-state index contributed by atoms with van der Waals surface area (Å²) in [6.07, 6.45) is 0. The molecule has 25 heavy (non-hydrogen) atoms. The van der Waals surface area contributed by atoms with Crippen molar-refractivity contribution in [1.82, 2.24) is 4.90 Å². The minimum Gasteiger partial charge on any atom is -0.348 e. The second-order valence-electron chi connectivity index (χ2n) is 6.84. The largest absolute Gasteiger partial charge is 0.348 e. The molecule has 1 aromatic rings. The number of nitrogens with zero attached hydrogens (tertiary/aromatic N) is 3. The zero-order valence-electron chi connectivity index (χ0n) is 14.9. The smallest absolute Gasteiger partial charge is 0.232 e. The summed E-state index contributed by atoms with van der Waals surface area (Å²) in [6, 6.07) is 5.67. The summed E-state index contributed by atoms with van der Waals surface area (Å²) in [5.74, 6) is 0.501. The quantitative estimate of drug-likeness (QED) is 0.793. The lowest BCUT2D eigenvalue weighted by Crippen LogP contribution is -2.39. The summed E-state index contributed by atoms with van der Waals surface area (Å²) in [4.78, 5) is 20.1. The van der Waals surface area contributed by atoms with Gasteiger partial charge in [0.25, 0.3) is 0 Å². The highest BCUT2D eigenvalue weighted by atomic mass is 32.2. The molecule has 2 aliphatic heterocycles. The van der Waals surface area contributed by atoms with Crippen molar-refractivity contribution in [3.05, 3.63) is 29.3 Å². The van der Waals surface area contributed by atoms with Crippen LogP contribution in [0.15, 0.2) is 23.2 Å². The Labute approximate surface area is 153 Å². The fraction of sp³-hybridized carbons (Fsp3) is 0.529. The molecule has 8 heteroatoms. The van der Waals surface area contributed by atoms with Crippen LogP contribution in [-0.2, 0) is 14.6 Å². The average Bonchev–Trinajstić information content (AvgIpc) is 2.98. The van der Waals surface area contributed by atoms with Crippen LogP contribution in [0.25, 0.3) is 0 Å². The van der Waals surface area contributed by atoms with Gasteiger partial charge in [-0.05, 0) is 37.1 Å². The van der Waals surface area contributed by atoms with Crippen molar-refractivity contribution in [1.29, 1.82) is 0 Å². The molecule has 0 unspecified atom stereocenters. The third-order valence-corrected chi connectivity index (χ3v) is 7.35. The standard InChI is InChI=1S/C17H23N3O3S2/c1-11-5-6-13(7-12(11)2)20-15-10-25(22,23)9-14(15)18-17(20)24-8-16(21)19(3)4/h5-7,14-15H,8-10H2,1-4H3/t14-,15-/m0/s1. The van der Waals surface area contributed by atoms with Crippen molar-refractivity contribution >= 4 is 38.4 Å². The van der Waals surface area contributed by atoms with Crippen molar-refractivity contribution in [2.75, 3.05) is 36.3 Å². The topological polar surface area (TPSA) is 70.1 Å². The summed E-state index contributed by atoms with van der Waals surface area (Å²) >= 11 is 1.38. The van der Waals surface area contributed by atoms with Gasteiger partial charge in [-0.3, -0.25) is 9.79 Å². The number of carbonyl (C=O) groups excluding carboxylic acids is 1. The van der Waals surface area contributed by atoms with E-state index in [-0.39, 0.29) is 29.5 Å². The normalized spacial score (nSPS) is 24.2. The van der Waals surface area contributed by atoms with Crippen LogP contribution in [0, 0.1) is 13.8 Å². The van der Waals surface area contributed by atoms with Crippen LogP contribution < -0.4 is 4.90 Å². The van der Waals surface area contributed by atoms with Crippen molar-refractivity contribution in [3.63, 3.8) is 0 Å². The molecule has 1 fully saturated rings. The second-order valence-corrected chi connectivity index (χ2v) is 9.93. The maximum absolute atomic E-state index is 12.0. The first-order valence-electron chi connectivity index (χ1n) is 8.15. The van der Waals surface area contributed by atoms with Gasteiger partial charge >= 0.3 is 0 Å². The van der Waals surface area contributed by atoms with E-state index in [1.54, 1.807) is 19.0 Å². The number of aliphatic imine (C=N–C) groups is 1. The van der Waals surface area contributed by atoms with E-state index in [0.29, 0.717) is 5.75 Å². The number of rotatable bonds is 3. The van der Waals surface area contributed by atoms with Crippen LogP contribution in [0.2, 0.25) is 0 Å². The number of carbonyl (C=O) groups is 1. The lowest BCUT2D eigenvalue weighted by Gasteiger charge is -2.27. The van der Waals surface area contributed by atoms with Gasteiger partial charge in [0, 0.05) is 19.8 Å². The van der Waals surface area contributed by atoms with Crippen LogP contribution >= 0.6 is 11.8 Å². The number of fused-ring (bicyclic) bond motifs is 1. The number of amides is 1. The van der Waals surface area contributed by atoms with Crippen LogP contribution in [0.3, 0.4) is 0 Å². The van der Waals surface area contributed by atoms with Crippen molar-refractivity contribution in [2.45, 2.75) is 25.9 Å². The summed E-state index contributed by atoms with van der Waals surface area (Å²) in [7, 11) is 0.382. The van der Waals surface area contributed by atoms with Crippen LogP contribution in [-0.4, -0.2) is 67.8 Å². The lowest BCUT2D eigenvalue weighted by atomic mass is 10.1. The number of sulfone groups is 1. The molecular formula is C17H23N3O3S2. The van der Waals surface area contributed by atoms with Gasteiger partial charge in [-0.15, -0.1) is 0 Å². The number of hydrogen-bond acceptors (Lipinski definition) is 6. The maximum atomic E-state index is 12.0. The van der Waals surface area contributed by atoms with Gasteiger partial charge < -0.3 is 9.80 Å². The molecule has 136 valence electrons. The molecule has 2 heterocycles. The molecule has 3 rings (SSSR count). The predicted octanol–water partition coefficient (Wildman–Crippen LogP) is 1.47. The van der Waals surface area contributed by atoms with Crippen LogP contribution in [0.5, 0.6) is 0 Å². The van der Waals surface area contributed by atoms with Gasteiger partial charge in [0.2, 0.25) is 5.91 Å². The van der Waals surface area contributed by atoms with E-state index in [1.807, 2.05) is 30.9 Å². The van der Waals surface area contributed by atoms with E-state index < -0.39 is 9.84 Å². The Bertz CT molecular complexity index is 834. The predicted molar refractivity (Wildman–Crippen MR) is 103 cm³/mol. The van der Waals surface area contributed by atoms with E-state index in [1.165, 1.54) is 17.3 Å². The first-order valence-corrected chi connectivity index (χ1v) is 11.0. The van der Waals surface area contributed by atoms with Crippen molar-refractivity contribution in [3.8, 4) is 0 Å². The number of anilines is 1. The number of aryl methyl sites for hydroxylation is 2. The van der Waals surface area contributed by atoms with Gasteiger partial charge in [-0.2, -0.15) is 0 Å². The molecule has 2 aliphatic rings. The van der Waals surface area contributed by atoms with E-state index in [9.17, 15) is 13.2 Å². The SMILES string of the molecule is Cc1ccc(N2C(SCC(=O)N(C)C)=N[C@H]3CS(=O)(=O)C[C@@H]32)cc1C. The second kappa shape index (κ2) is 6.64. The zero-order chi connectivity index (χ0) is 18.4. The molecule has 1 saturated heterocycles. The molecule has 2 atom stereocenters. The molecule has 0 aliphatic carbocycles. The Morgan fingerprint density at radius 1 is 1.28 bits per heavy atom. The molecule has 6 nitrogen and oxygen atoms in total. The Hall–Kier alpha value is -1.54. The zero-order valence-corrected chi connectivity index (χ0v) is 16.5. The van der Waals surface area contributed by atoms with Gasteiger partial charge in [-0.1, -0.05) is 17.8 Å². The number of thioether (sulfide) groups is 1. The molecular weight excluding hydrogens is 358 g/mol. The minimum atomic E-state index is -3.07. The minimum absolute atomic E-state index is 0.0115. The summed E-state index contributed by atoms with van der Waals surface area (Å²) in [5.41, 5.74) is 3.28. The highest BCUT2D eigenvalue weighted by molar-refractivity contribution is 8.14. The average molecular weight is 382 g/mol. The molecule has 0 radical (unpaired) electrons. The summed E-state index contributed by atoms with van der Waals surface area (Å²) < 4.78 is 24.1. The first kappa shape index (κ1) is 18.3. The van der Waals surface area contributed by atoms with E-state index >= 15 is 0 Å². The third-order valence-electron chi connectivity index (χ3n) is 4.70. The monoisotopic (exact) mass is 381 g/mol. The third kappa shape index (κ3) is 3.69. The highest BCUT2D eigenvalue weighted by Gasteiger charge is 2.47. The van der Waals surface area contributed by atoms with Gasteiger partial charge in [0.15, 0.2) is 15.0 Å². The molecule has 1 aromatic carbocycles. The Kier molecular flexibility index (Phi) is 4.85. The molecule has 0 N–H and O–H groups in total. The maximum Gasteiger partial charge on any atom is 0.232 e. The number of amidine groups is 1. The Balaban J connectivity index is 1.91. The highest BCUT2D eigenvalue weighted by Crippen LogP contribution is 2.35. The van der Waals surface area contributed by atoms with Gasteiger partial charge in [0.1, 0.15) is 0 Å². The fourth-order valence-corrected chi connectivity index (χ4v) is 6.01. The van der Waals surface area contributed by atoms with E-state index in [4.69, 9.17) is 0 Å². The van der Waals surface area contributed by atoms with E-state index in [2.05, 4.69) is 11.1 Å². The molecule has 0 bridgehead atoms. The number of benzene rings is 1. The summed E-state index contributed by atoms with van der Waals surface area (Å²) in [5, 5.41) is 0.739. The summed E-state index contributed by atoms with van der Waals surface area (Å²) in [6.45, 7) is 4.09.